The smallest absolute Gasteiger partial charge is 0.231 e. The van der Waals surface area contributed by atoms with Gasteiger partial charge < -0.3 is 20.6 Å². The molecule has 7 nitrogen and oxygen atoms in total. The van der Waals surface area contributed by atoms with Crippen molar-refractivity contribution in [3.63, 3.8) is 0 Å². The fourth-order valence-electron chi connectivity index (χ4n) is 1.13. The molecule has 1 aromatic rings. The van der Waals surface area contributed by atoms with Gasteiger partial charge in [-0.15, -0.1) is 0 Å². The Morgan fingerprint density at radius 3 is 2.28 bits per heavy atom. The van der Waals surface area contributed by atoms with Crippen molar-refractivity contribution in [3.8, 4) is 0 Å². The number of hydrogen-bond donors (Lipinski definition) is 3. The summed E-state index contributed by atoms with van der Waals surface area (Å²) in [6.07, 6.45) is 0. The predicted octanol–water partition coefficient (Wildman–Crippen LogP) is 0.410. The number of nitrogens with zero attached hydrogens (tertiary/aromatic N) is 4. The van der Waals surface area contributed by atoms with Crippen LogP contribution in [0.1, 0.15) is 13.8 Å². The van der Waals surface area contributed by atoms with Crippen molar-refractivity contribution >= 4 is 17.8 Å². The van der Waals surface area contributed by atoms with Gasteiger partial charge in [0.2, 0.25) is 17.8 Å². The largest absolute Gasteiger partial charge is 0.396 e. The van der Waals surface area contributed by atoms with E-state index < -0.39 is 0 Å². The van der Waals surface area contributed by atoms with Gasteiger partial charge in [-0.1, -0.05) is 13.8 Å². The second-order valence-electron chi connectivity index (χ2n) is 5.10. The molecule has 0 bridgehead atoms. The Morgan fingerprint density at radius 2 is 1.78 bits per heavy atom. The predicted molar refractivity (Wildman–Crippen MR) is 73.1 cm³/mol. The third kappa shape index (κ3) is 3.99. The molecule has 0 amide bonds. The molecule has 0 spiro atoms. The molecule has 7 heteroatoms. The van der Waals surface area contributed by atoms with E-state index >= 15 is 0 Å². The van der Waals surface area contributed by atoms with Crippen molar-refractivity contribution in [3.05, 3.63) is 0 Å². The SMILES string of the molecule is CNc1nc(NCC(C)(C)CO)nc(N(C)C)n1. The van der Waals surface area contributed by atoms with E-state index in [0.717, 1.165) is 0 Å². The number of aliphatic hydroxyl groups excluding tert-OH is 1. The van der Waals surface area contributed by atoms with E-state index in [2.05, 4.69) is 25.6 Å². The molecule has 18 heavy (non-hydrogen) atoms. The highest BCUT2D eigenvalue weighted by molar-refractivity contribution is 5.42. The van der Waals surface area contributed by atoms with E-state index in [9.17, 15) is 5.11 Å². The Labute approximate surface area is 108 Å². The molecular weight excluding hydrogens is 232 g/mol. The average molecular weight is 254 g/mol. The van der Waals surface area contributed by atoms with E-state index in [1.54, 1.807) is 7.05 Å². The van der Waals surface area contributed by atoms with Gasteiger partial charge >= 0.3 is 0 Å². The lowest BCUT2D eigenvalue weighted by Crippen LogP contribution is -2.28. The van der Waals surface area contributed by atoms with Gasteiger partial charge in [0.1, 0.15) is 0 Å². The summed E-state index contributed by atoms with van der Waals surface area (Å²) < 4.78 is 0. The highest BCUT2D eigenvalue weighted by atomic mass is 16.3. The maximum Gasteiger partial charge on any atom is 0.231 e. The molecule has 0 radical (unpaired) electrons. The van der Waals surface area contributed by atoms with Crippen LogP contribution in [0.5, 0.6) is 0 Å². The number of hydrogen-bond acceptors (Lipinski definition) is 7. The number of aromatic nitrogens is 3. The Kier molecular flexibility index (Phi) is 4.66. The van der Waals surface area contributed by atoms with Crippen LogP contribution >= 0.6 is 0 Å². The molecule has 1 heterocycles. The Balaban J connectivity index is 2.85. The lowest BCUT2D eigenvalue weighted by atomic mass is 9.95. The van der Waals surface area contributed by atoms with Crippen LogP contribution in [0.25, 0.3) is 0 Å². The number of nitrogens with one attached hydrogen (secondary N) is 2. The molecule has 0 aliphatic heterocycles. The summed E-state index contributed by atoms with van der Waals surface area (Å²) in [6, 6.07) is 0. The Morgan fingerprint density at radius 1 is 1.17 bits per heavy atom. The van der Waals surface area contributed by atoms with Crippen molar-refractivity contribution in [1.29, 1.82) is 0 Å². The van der Waals surface area contributed by atoms with E-state index in [1.165, 1.54) is 0 Å². The zero-order chi connectivity index (χ0) is 13.8. The highest BCUT2D eigenvalue weighted by Gasteiger charge is 2.17. The van der Waals surface area contributed by atoms with E-state index in [0.29, 0.717) is 24.4 Å². The molecule has 0 fully saturated rings. The number of aliphatic hydroxyl groups is 1. The maximum absolute atomic E-state index is 9.20. The van der Waals surface area contributed by atoms with E-state index in [1.807, 2.05) is 32.8 Å². The first-order valence-electron chi connectivity index (χ1n) is 5.84. The van der Waals surface area contributed by atoms with Gasteiger partial charge in [-0.05, 0) is 0 Å². The lowest BCUT2D eigenvalue weighted by Gasteiger charge is -2.22. The minimum absolute atomic E-state index is 0.102. The fourth-order valence-corrected chi connectivity index (χ4v) is 1.13. The van der Waals surface area contributed by atoms with Gasteiger partial charge in [-0.3, -0.25) is 0 Å². The molecule has 102 valence electrons. The first kappa shape index (κ1) is 14.4. The van der Waals surface area contributed by atoms with Gasteiger partial charge in [0, 0.05) is 39.7 Å². The van der Waals surface area contributed by atoms with Crippen LogP contribution in [0.2, 0.25) is 0 Å². The quantitative estimate of drug-likeness (QED) is 0.677. The van der Waals surface area contributed by atoms with E-state index in [4.69, 9.17) is 0 Å². The van der Waals surface area contributed by atoms with Crippen LogP contribution in [0, 0.1) is 5.41 Å². The average Bonchev–Trinajstić information content (AvgIpc) is 2.36. The monoisotopic (exact) mass is 254 g/mol. The molecule has 0 unspecified atom stereocenters. The maximum atomic E-state index is 9.20. The van der Waals surface area contributed by atoms with Crippen LogP contribution in [0.3, 0.4) is 0 Å². The van der Waals surface area contributed by atoms with E-state index in [-0.39, 0.29) is 12.0 Å². The molecule has 1 aromatic heterocycles. The van der Waals surface area contributed by atoms with Crippen LogP contribution in [-0.4, -0.2) is 54.4 Å². The summed E-state index contributed by atoms with van der Waals surface area (Å²) in [5, 5.41) is 15.2. The second kappa shape index (κ2) is 5.81. The van der Waals surface area contributed by atoms with Crippen LogP contribution in [-0.2, 0) is 0 Å². The first-order valence-corrected chi connectivity index (χ1v) is 5.84. The molecule has 0 aliphatic rings. The van der Waals surface area contributed by atoms with Gasteiger partial charge in [0.25, 0.3) is 0 Å². The fraction of sp³-hybridized carbons (Fsp3) is 0.727. The third-order valence-electron chi connectivity index (χ3n) is 2.40. The summed E-state index contributed by atoms with van der Waals surface area (Å²) in [5.41, 5.74) is -0.218. The minimum atomic E-state index is -0.218. The standard InChI is InChI=1S/C11H22N6O/c1-11(2,7-18)6-13-9-14-8(12-3)15-10(16-9)17(4)5/h18H,6-7H2,1-5H3,(H2,12,13,14,15,16). The minimum Gasteiger partial charge on any atom is -0.396 e. The van der Waals surface area contributed by atoms with Crippen molar-refractivity contribution in [2.45, 2.75) is 13.8 Å². The molecule has 0 aliphatic carbocycles. The van der Waals surface area contributed by atoms with Crippen molar-refractivity contribution in [1.82, 2.24) is 15.0 Å². The molecule has 3 N–H and O–H groups in total. The molecule has 0 saturated carbocycles. The van der Waals surface area contributed by atoms with Crippen molar-refractivity contribution in [2.75, 3.05) is 49.8 Å². The van der Waals surface area contributed by atoms with Crippen molar-refractivity contribution < 1.29 is 5.11 Å². The molecule has 0 aromatic carbocycles. The second-order valence-corrected chi connectivity index (χ2v) is 5.10. The van der Waals surface area contributed by atoms with Crippen LogP contribution in [0.15, 0.2) is 0 Å². The molecular formula is C11H22N6O. The summed E-state index contributed by atoms with van der Waals surface area (Å²) >= 11 is 0. The van der Waals surface area contributed by atoms with Gasteiger partial charge in [0.05, 0.1) is 0 Å². The zero-order valence-corrected chi connectivity index (χ0v) is 11.7. The Bertz CT molecular complexity index is 393. The molecule has 0 atom stereocenters. The normalized spacial score (nSPS) is 11.2. The first-order chi connectivity index (χ1) is 8.38. The molecule has 0 saturated heterocycles. The zero-order valence-electron chi connectivity index (χ0n) is 11.7. The Hall–Kier alpha value is -1.63. The lowest BCUT2D eigenvalue weighted by molar-refractivity contribution is 0.170. The van der Waals surface area contributed by atoms with Gasteiger partial charge in [-0.25, -0.2) is 0 Å². The number of anilines is 3. The highest BCUT2D eigenvalue weighted by Crippen LogP contribution is 2.16. The molecule has 1 rings (SSSR count). The summed E-state index contributed by atoms with van der Waals surface area (Å²) in [4.78, 5) is 14.5. The van der Waals surface area contributed by atoms with Crippen LogP contribution in [0.4, 0.5) is 17.8 Å². The topological polar surface area (TPSA) is 86.2 Å². The van der Waals surface area contributed by atoms with Gasteiger partial charge in [-0.2, -0.15) is 15.0 Å². The summed E-state index contributed by atoms with van der Waals surface area (Å²) in [7, 11) is 5.50. The summed E-state index contributed by atoms with van der Waals surface area (Å²) in [5.74, 6) is 1.59. The van der Waals surface area contributed by atoms with Crippen LogP contribution < -0.4 is 15.5 Å². The number of rotatable bonds is 6. The van der Waals surface area contributed by atoms with Crippen molar-refractivity contribution in [2.24, 2.45) is 5.41 Å². The van der Waals surface area contributed by atoms with Gasteiger partial charge in [0.15, 0.2) is 0 Å². The third-order valence-corrected chi connectivity index (χ3v) is 2.40. The summed E-state index contributed by atoms with van der Waals surface area (Å²) in [6.45, 7) is 4.62.